The lowest BCUT2D eigenvalue weighted by Crippen LogP contribution is -2.41. The van der Waals surface area contributed by atoms with Crippen LogP contribution in [0.4, 0.5) is 0 Å². The third-order valence-electron chi connectivity index (χ3n) is 19.6. The van der Waals surface area contributed by atoms with Gasteiger partial charge in [0, 0.05) is 77.7 Å². The van der Waals surface area contributed by atoms with Crippen molar-refractivity contribution >= 4 is 81.7 Å². The highest BCUT2D eigenvalue weighted by Crippen LogP contribution is 2.76. The van der Waals surface area contributed by atoms with Crippen molar-refractivity contribution in [1.29, 1.82) is 0 Å². The van der Waals surface area contributed by atoms with Crippen LogP contribution in [0.25, 0.3) is 93.1 Å². The monoisotopic (exact) mass is 825 g/mol. The highest BCUT2D eigenvalue weighted by Gasteiger charge is 2.66. The molecule has 5 aromatic carbocycles. The number of fused-ring (bicyclic) bond motifs is 19. The molecule has 6 heterocycles. The minimum Gasteiger partial charge on any atom is -0.309 e. The lowest BCUT2D eigenvalue weighted by Gasteiger charge is -2.48. The molecule has 5 saturated carbocycles. The van der Waals surface area contributed by atoms with Crippen LogP contribution in [0.5, 0.6) is 0 Å². The molecule has 19 rings (SSSR count). The highest BCUT2D eigenvalue weighted by molar-refractivity contribution is 6.35. The number of benzene rings is 5. The first kappa shape index (κ1) is 33.3. The van der Waals surface area contributed by atoms with Crippen LogP contribution in [0, 0.1) is 29.1 Å². The Labute approximate surface area is 370 Å². The van der Waals surface area contributed by atoms with Gasteiger partial charge in [0.25, 0.3) is 0 Å². The van der Waals surface area contributed by atoms with Crippen molar-refractivity contribution in [2.24, 2.45) is 29.1 Å². The van der Waals surface area contributed by atoms with Crippen LogP contribution in [-0.2, 0) is 0 Å². The van der Waals surface area contributed by atoms with Gasteiger partial charge in [-0.15, -0.1) is 0 Å². The SMILES string of the molecule is c1ccc(-n2c3ccccc3c3cc4c(cc32)c2cc3c5c6c(ncc5n5c7cnc8c(c7c(c2n4-c2ccccc2)c35)C2CC3CC4CC8CC43C2)C2CC3CC(C2)CC6C3)cc1. The zero-order valence-corrected chi connectivity index (χ0v) is 35.9. The van der Waals surface area contributed by atoms with E-state index in [9.17, 15) is 0 Å². The predicted molar refractivity (Wildman–Crippen MR) is 259 cm³/mol. The van der Waals surface area contributed by atoms with Crippen LogP contribution in [0.1, 0.15) is 110 Å². The van der Waals surface area contributed by atoms with E-state index in [0.29, 0.717) is 29.1 Å². The fourth-order valence-corrected chi connectivity index (χ4v) is 17.7. The van der Waals surface area contributed by atoms with E-state index < -0.39 is 0 Å². The summed E-state index contributed by atoms with van der Waals surface area (Å²) in [5, 5.41) is 11.2. The van der Waals surface area contributed by atoms with Crippen LogP contribution in [0.3, 0.4) is 0 Å². The molecule has 1 spiro atoms. The van der Waals surface area contributed by atoms with Gasteiger partial charge in [-0.2, -0.15) is 0 Å². The molecule has 7 unspecified atom stereocenters. The largest absolute Gasteiger partial charge is 0.309 e. The maximum atomic E-state index is 5.68. The summed E-state index contributed by atoms with van der Waals surface area (Å²) >= 11 is 0. The van der Waals surface area contributed by atoms with Gasteiger partial charge in [0.2, 0.25) is 0 Å². The van der Waals surface area contributed by atoms with Gasteiger partial charge in [0.15, 0.2) is 0 Å². The molecule has 5 fully saturated rings. The highest BCUT2D eigenvalue weighted by atomic mass is 15.0. The molecule has 0 saturated heterocycles. The lowest BCUT2D eigenvalue weighted by molar-refractivity contribution is 0.00321. The molecule has 8 aliphatic carbocycles. The van der Waals surface area contributed by atoms with Crippen LogP contribution in [-0.4, -0.2) is 23.5 Å². The van der Waals surface area contributed by atoms with Crippen LogP contribution in [0.2, 0.25) is 0 Å². The van der Waals surface area contributed by atoms with Gasteiger partial charge < -0.3 is 13.5 Å². The molecule has 5 heteroatoms. The van der Waals surface area contributed by atoms with Crippen molar-refractivity contribution in [3.63, 3.8) is 0 Å². The van der Waals surface area contributed by atoms with E-state index in [4.69, 9.17) is 9.97 Å². The Bertz CT molecular complexity index is 3910. The van der Waals surface area contributed by atoms with E-state index in [-0.39, 0.29) is 0 Å². The summed E-state index contributed by atoms with van der Waals surface area (Å²) in [5.74, 6) is 5.84. The number of aromatic nitrogens is 5. The molecule has 0 radical (unpaired) electrons. The Morgan fingerprint density at radius 3 is 1.81 bits per heavy atom. The molecule has 6 aromatic heterocycles. The van der Waals surface area contributed by atoms with Gasteiger partial charge in [-0.05, 0) is 165 Å². The van der Waals surface area contributed by atoms with E-state index in [0.717, 1.165) is 23.7 Å². The third-order valence-corrected chi connectivity index (χ3v) is 19.6. The fourth-order valence-electron chi connectivity index (χ4n) is 17.7. The average molecular weight is 826 g/mol. The van der Waals surface area contributed by atoms with Crippen LogP contribution < -0.4 is 0 Å². The van der Waals surface area contributed by atoms with Gasteiger partial charge in [0.1, 0.15) is 0 Å². The molecule has 11 aromatic rings. The summed E-state index contributed by atoms with van der Waals surface area (Å²) in [6.45, 7) is 0. The second-order valence-electron chi connectivity index (χ2n) is 22.2. The third kappa shape index (κ3) is 3.70. The van der Waals surface area contributed by atoms with E-state index >= 15 is 0 Å². The van der Waals surface area contributed by atoms with Gasteiger partial charge in [0.05, 0.1) is 51.0 Å². The van der Waals surface area contributed by atoms with Crippen molar-refractivity contribution < 1.29 is 0 Å². The van der Waals surface area contributed by atoms with Crippen molar-refractivity contribution in [2.75, 3.05) is 0 Å². The Kier molecular flexibility index (Phi) is 5.73. The Morgan fingerprint density at radius 1 is 0.422 bits per heavy atom. The van der Waals surface area contributed by atoms with E-state index in [1.807, 2.05) is 0 Å². The zero-order valence-electron chi connectivity index (χ0n) is 35.9. The molecule has 0 N–H and O–H groups in total. The second kappa shape index (κ2) is 11.0. The number of rotatable bonds is 2. The van der Waals surface area contributed by atoms with Crippen LogP contribution in [0.15, 0.2) is 116 Å². The first-order valence-corrected chi connectivity index (χ1v) is 24.7. The second-order valence-corrected chi connectivity index (χ2v) is 22.2. The van der Waals surface area contributed by atoms with E-state index in [1.165, 1.54) is 169 Å². The molecule has 308 valence electrons. The Balaban J connectivity index is 1.08. The fraction of sp³-hybridized carbons (Fsp3) is 0.322. The molecule has 8 aliphatic rings. The summed E-state index contributed by atoms with van der Waals surface area (Å²) in [4.78, 5) is 11.3. The quantitative estimate of drug-likeness (QED) is 0.174. The molecule has 0 aliphatic heterocycles. The number of pyridine rings is 2. The molecular formula is C59H47N5. The summed E-state index contributed by atoms with van der Waals surface area (Å²) in [6.07, 6.45) is 18.3. The smallest absolute Gasteiger partial charge is 0.0729 e. The number of nitrogens with zero attached hydrogens (tertiary/aromatic N) is 5. The molecule has 64 heavy (non-hydrogen) atoms. The number of para-hydroxylation sites is 3. The van der Waals surface area contributed by atoms with Gasteiger partial charge in [-0.3, -0.25) is 9.97 Å². The standard InChI is InChI=1S/C59H47N5/c1-3-9-38(10-4-1)62-45-14-8-7-13-40(45)41-24-47-42(25-46(41)62)43-23-44-52-48(28-60-55-33-18-30-15-31(19-33)17-32(16-30)50(52)55)64-49-29-61-56-35-21-37-22-36-20-34(26-59(36,37)27-35)51(56)53(49)54(58(44)64)57(43)63(47)39-11-5-2-6-12-39/h1-14,23-25,28-37H,15-22,26-27H2. The van der Waals surface area contributed by atoms with Crippen LogP contribution >= 0.6 is 0 Å². The predicted octanol–water partition coefficient (Wildman–Crippen LogP) is 14.6. The van der Waals surface area contributed by atoms with Gasteiger partial charge >= 0.3 is 0 Å². The normalized spacial score (nSPS) is 29.6. The molecule has 5 nitrogen and oxygen atoms in total. The van der Waals surface area contributed by atoms with E-state index in [2.05, 4.69) is 129 Å². The Hall–Kier alpha value is -6.20. The van der Waals surface area contributed by atoms with Gasteiger partial charge in [-0.25, -0.2) is 0 Å². The molecule has 0 amide bonds. The maximum absolute atomic E-state index is 5.68. The molecular weight excluding hydrogens is 779 g/mol. The van der Waals surface area contributed by atoms with E-state index in [1.54, 1.807) is 11.1 Å². The first-order chi connectivity index (χ1) is 31.7. The lowest BCUT2D eigenvalue weighted by atomic mass is 9.56. The first-order valence-electron chi connectivity index (χ1n) is 24.7. The summed E-state index contributed by atoms with van der Waals surface area (Å²) < 4.78 is 7.87. The average Bonchev–Trinajstić information content (AvgIpc) is 4.11. The summed E-state index contributed by atoms with van der Waals surface area (Å²) in [7, 11) is 0. The number of hydrogen-bond donors (Lipinski definition) is 0. The molecule has 7 bridgehead atoms. The summed E-state index contributed by atoms with van der Waals surface area (Å²) in [5.41, 5.74) is 18.3. The summed E-state index contributed by atoms with van der Waals surface area (Å²) in [6, 6.07) is 39.2. The van der Waals surface area contributed by atoms with Crippen molar-refractivity contribution in [3.05, 3.63) is 138 Å². The maximum Gasteiger partial charge on any atom is 0.0729 e. The topological polar surface area (TPSA) is 40.1 Å². The minimum atomic E-state index is 0.561. The Morgan fingerprint density at radius 2 is 1.03 bits per heavy atom. The van der Waals surface area contributed by atoms with Crippen molar-refractivity contribution in [1.82, 2.24) is 23.5 Å². The van der Waals surface area contributed by atoms with Crippen molar-refractivity contribution in [2.45, 2.75) is 87.9 Å². The minimum absolute atomic E-state index is 0.561. The zero-order chi connectivity index (χ0) is 40.9. The number of hydrogen-bond acceptors (Lipinski definition) is 2. The van der Waals surface area contributed by atoms with Gasteiger partial charge in [-0.1, -0.05) is 54.6 Å². The van der Waals surface area contributed by atoms with Crippen molar-refractivity contribution in [3.8, 4) is 11.4 Å². The molecule has 7 atom stereocenters.